The number of hydrogen-bond acceptors (Lipinski definition) is 4. The number of rotatable bonds is 5. The third kappa shape index (κ3) is 3.22. The van der Waals surface area contributed by atoms with Crippen LogP contribution in [-0.4, -0.2) is 20.3 Å². The number of para-hydroxylation sites is 1. The van der Waals surface area contributed by atoms with E-state index in [1.807, 2.05) is 50.2 Å². The average molecular weight is 339 g/mol. The second kappa shape index (κ2) is 7.18. The summed E-state index contributed by atoms with van der Waals surface area (Å²) in [4.78, 5) is 22.4. The van der Waals surface area contributed by atoms with Crippen LogP contribution in [-0.2, 0) is 0 Å². The maximum atomic E-state index is 13.2. The Bertz CT molecular complexity index is 919. The van der Waals surface area contributed by atoms with E-state index in [1.165, 1.54) is 0 Å². The SMILES string of the molecule is CCCCSc1nc2nc(C)cc(C)c2c(=O)n1-c1ccccc1. The highest BCUT2D eigenvalue weighted by atomic mass is 32.2. The minimum absolute atomic E-state index is 0.0461. The molecule has 4 nitrogen and oxygen atoms in total. The summed E-state index contributed by atoms with van der Waals surface area (Å²) in [6.45, 7) is 6.03. The van der Waals surface area contributed by atoms with Crippen molar-refractivity contribution in [3.63, 3.8) is 0 Å². The van der Waals surface area contributed by atoms with Crippen LogP contribution in [0.15, 0.2) is 46.3 Å². The van der Waals surface area contributed by atoms with Crippen LogP contribution in [0.3, 0.4) is 0 Å². The van der Waals surface area contributed by atoms with Crippen molar-refractivity contribution in [2.45, 2.75) is 38.8 Å². The first-order valence-corrected chi connectivity index (χ1v) is 9.19. The molecule has 0 spiro atoms. The number of aryl methyl sites for hydroxylation is 2. The number of nitrogens with zero attached hydrogens (tertiary/aromatic N) is 3. The summed E-state index contributed by atoms with van der Waals surface area (Å²) in [5.74, 6) is 0.937. The van der Waals surface area contributed by atoms with Gasteiger partial charge >= 0.3 is 0 Å². The molecule has 0 saturated carbocycles. The van der Waals surface area contributed by atoms with Gasteiger partial charge in [-0.2, -0.15) is 0 Å². The van der Waals surface area contributed by atoms with Crippen LogP contribution in [0.2, 0.25) is 0 Å². The molecule has 1 aromatic carbocycles. The molecule has 0 bridgehead atoms. The Morgan fingerprint density at radius 2 is 1.88 bits per heavy atom. The predicted octanol–water partition coefficient (Wildman–Crippen LogP) is 4.29. The lowest BCUT2D eigenvalue weighted by atomic mass is 10.2. The van der Waals surface area contributed by atoms with Gasteiger partial charge in [0.25, 0.3) is 5.56 Å². The van der Waals surface area contributed by atoms with E-state index in [9.17, 15) is 4.79 Å². The van der Waals surface area contributed by atoms with Crippen molar-refractivity contribution in [3.8, 4) is 5.69 Å². The molecule has 0 radical (unpaired) electrons. The molecule has 0 unspecified atom stereocenters. The van der Waals surface area contributed by atoms with Gasteiger partial charge in [-0.3, -0.25) is 9.36 Å². The van der Waals surface area contributed by atoms with E-state index in [0.29, 0.717) is 16.2 Å². The van der Waals surface area contributed by atoms with Gasteiger partial charge in [-0.05, 0) is 44.0 Å². The van der Waals surface area contributed by atoms with Crippen LogP contribution in [0.1, 0.15) is 31.0 Å². The molecular weight excluding hydrogens is 318 g/mol. The second-order valence-corrected chi connectivity index (χ2v) is 6.91. The Balaban J connectivity index is 2.27. The molecule has 2 aromatic heterocycles. The van der Waals surface area contributed by atoms with Crippen LogP contribution in [0.25, 0.3) is 16.7 Å². The summed E-state index contributed by atoms with van der Waals surface area (Å²) in [5.41, 5.74) is 3.15. The monoisotopic (exact) mass is 339 g/mol. The third-order valence-electron chi connectivity index (χ3n) is 3.88. The van der Waals surface area contributed by atoms with Gasteiger partial charge in [0.05, 0.1) is 11.1 Å². The number of fused-ring (bicyclic) bond motifs is 1. The molecule has 2 heterocycles. The summed E-state index contributed by atoms with van der Waals surface area (Å²) >= 11 is 1.62. The lowest BCUT2D eigenvalue weighted by molar-refractivity contribution is 0.808. The standard InChI is InChI=1S/C19H21N3OS/c1-4-5-11-24-19-21-17-16(13(2)12-14(3)20-17)18(23)22(19)15-9-7-6-8-10-15/h6-10,12H,4-5,11H2,1-3H3. The first-order valence-electron chi connectivity index (χ1n) is 8.21. The molecule has 3 rings (SSSR count). The van der Waals surface area contributed by atoms with Gasteiger partial charge in [-0.1, -0.05) is 43.3 Å². The minimum Gasteiger partial charge on any atom is -0.268 e. The number of aromatic nitrogens is 3. The van der Waals surface area contributed by atoms with Gasteiger partial charge < -0.3 is 0 Å². The maximum absolute atomic E-state index is 13.2. The minimum atomic E-state index is -0.0461. The number of unbranched alkanes of at least 4 members (excludes halogenated alkanes) is 1. The van der Waals surface area contributed by atoms with Gasteiger partial charge in [0.2, 0.25) is 0 Å². The van der Waals surface area contributed by atoms with E-state index >= 15 is 0 Å². The molecule has 24 heavy (non-hydrogen) atoms. The Morgan fingerprint density at radius 3 is 2.58 bits per heavy atom. The number of pyridine rings is 1. The largest absolute Gasteiger partial charge is 0.268 e. The smallest absolute Gasteiger partial charge is 0.268 e. The molecule has 0 N–H and O–H groups in total. The van der Waals surface area contributed by atoms with Crippen molar-refractivity contribution in [2.24, 2.45) is 0 Å². The zero-order chi connectivity index (χ0) is 17.1. The van der Waals surface area contributed by atoms with E-state index in [1.54, 1.807) is 16.3 Å². The van der Waals surface area contributed by atoms with Crippen LogP contribution in [0.4, 0.5) is 0 Å². The highest BCUT2D eigenvalue weighted by Gasteiger charge is 2.15. The first-order chi connectivity index (χ1) is 11.6. The van der Waals surface area contributed by atoms with Crippen molar-refractivity contribution in [3.05, 3.63) is 58.0 Å². The molecule has 0 amide bonds. The highest BCUT2D eigenvalue weighted by Crippen LogP contribution is 2.23. The fourth-order valence-corrected chi connectivity index (χ4v) is 3.79. The van der Waals surface area contributed by atoms with Crippen LogP contribution < -0.4 is 5.56 Å². The zero-order valence-electron chi connectivity index (χ0n) is 14.2. The average Bonchev–Trinajstić information content (AvgIpc) is 2.55. The van der Waals surface area contributed by atoms with Gasteiger partial charge in [0.15, 0.2) is 10.8 Å². The van der Waals surface area contributed by atoms with Gasteiger partial charge in [-0.15, -0.1) is 0 Å². The van der Waals surface area contributed by atoms with Gasteiger partial charge in [0, 0.05) is 11.4 Å². The molecule has 0 saturated heterocycles. The number of thioether (sulfide) groups is 1. The van der Waals surface area contributed by atoms with E-state index in [0.717, 1.165) is 35.5 Å². The summed E-state index contributed by atoms with van der Waals surface area (Å²) in [6.07, 6.45) is 2.21. The molecule has 124 valence electrons. The first kappa shape index (κ1) is 16.7. The zero-order valence-corrected chi connectivity index (χ0v) is 15.1. The van der Waals surface area contributed by atoms with E-state index in [-0.39, 0.29) is 5.56 Å². The van der Waals surface area contributed by atoms with E-state index in [4.69, 9.17) is 4.98 Å². The maximum Gasteiger partial charge on any atom is 0.268 e. The molecular formula is C19H21N3OS. The normalized spacial score (nSPS) is 11.1. The molecule has 5 heteroatoms. The molecule has 0 aliphatic heterocycles. The van der Waals surface area contributed by atoms with Crippen molar-refractivity contribution in [1.82, 2.24) is 14.5 Å². The van der Waals surface area contributed by atoms with E-state index < -0.39 is 0 Å². The highest BCUT2D eigenvalue weighted by molar-refractivity contribution is 7.99. The lowest BCUT2D eigenvalue weighted by Crippen LogP contribution is -2.23. The quantitative estimate of drug-likeness (QED) is 0.395. The van der Waals surface area contributed by atoms with Crippen LogP contribution in [0, 0.1) is 13.8 Å². The topological polar surface area (TPSA) is 47.8 Å². The summed E-state index contributed by atoms with van der Waals surface area (Å²) in [6, 6.07) is 11.6. The Hall–Kier alpha value is -2.14. The fourth-order valence-electron chi connectivity index (χ4n) is 2.71. The lowest BCUT2D eigenvalue weighted by Gasteiger charge is -2.14. The fraction of sp³-hybridized carbons (Fsp3) is 0.316. The summed E-state index contributed by atoms with van der Waals surface area (Å²) < 4.78 is 1.71. The Morgan fingerprint density at radius 1 is 1.12 bits per heavy atom. The number of hydrogen-bond donors (Lipinski definition) is 0. The van der Waals surface area contributed by atoms with Gasteiger partial charge in [-0.25, -0.2) is 9.97 Å². The summed E-state index contributed by atoms with van der Waals surface area (Å²) in [5, 5.41) is 1.31. The molecule has 0 atom stereocenters. The third-order valence-corrected chi connectivity index (χ3v) is 4.90. The molecule has 0 fully saturated rings. The molecule has 0 aliphatic carbocycles. The Kier molecular flexibility index (Phi) is 5.00. The van der Waals surface area contributed by atoms with Crippen LogP contribution in [0.5, 0.6) is 0 Å². The van der Waals surface area contributed by atoms with Crippen molar-refractivity contribution >= 4 is 22.8 Å². The molecule has 0 aliphatic rings. The van der Waals surface area contributed by atoms with Crippen molar-refractivity contribution < 1.29 is 0 Å². The predicted molar refractivity (Wildman–Crippen MR) is 100 cm³/mol. The van der Waals surface area contributed by atoms with E-state index in [2.05, 4.69) is 11.9 Å². The summed E-state index contributed by atoms with van der Waals surface area (Å²) in [7, 11) is 0. The number of benzene rings is 1. The van der Waals surface area contributed by atoms with Crippen molar-refractivity contribution in [2.75, 3.05) is 5.75 Å². The van der Waals surface area contributed by atoms with Crippen LogP contribution >= 0.6 is 11.8 Å². The Labute approximate surface area is 146 Å². The van der Waals surface area contributed by atoms with Crippen molar-refractivity contribution in [1.29, 1.82) is 0 Å². The molecule has 3 aromatic rings. The second-order valence-electron chi connectivity index (χ2n) is 5.85. The van der Waals surface area contributed by atoms with Gasteiger partial charge in [0.1, 0.15) is 0 Å².